The lowest BCUT2D eigenvalue weighted by Gasteiger charge is -2.21. The molecule has 4 heteroatoms. The van der Waals surface area contributed by atoms with Crippen molar-refractivity contribution in [3.05, 3.63) is 29.8 Å². The maximum atomic E-state index is 13.1. The standard InChI is InChI=1S/C13H15FN2O/c14-10-7-11(15-8-10)13(17)16-6-5-9-3-1-2-4-12(9)16/h1-4,10-11,15H,5-8H2/t10-,11-/m0/s1. The van der Waals surface area contributed by atoms with Crippen molar-refractivity contribution in [2.75, 3.05) is 18.0 Å². The smallest absolute Gasteiger partial charge is 0.244 e. The summed E-state index contributed by atoms with van der Waals surface area (Å²) in [6, 6.07) is 7.57. The molecule has 0 aliphatic carbocycles. The van der Waals surface area contributed by atoms with E-state index in [-0.39, 0.29) is 11.9 Å². The number of amides is 1. The molecule has 0 saturated carbocycles. The molecule has 2 heterocycles. The van der Waals surface area contributed by atoms with Crippen LogP contribution in [-0.4, -0.2) is 31.2 Å². The first kappa shape index (κ1) is 10.7. The van der Waals surface area contributed by atoms with E-state index in [4.69, 9.17) is 0 Å². The van der Waals surface area contributed by atoms with Crippen molar-refractivity contribution >= 4 is 11.6 Å². The summed E-state index contributed by atoms with van der Waals surface area (Å²) >= 11 is 0. The second-order valence-corrected chi connectivity index (χ2v) is 4.66. The fourth-order valence-corrected chi connectivity index (χ4v) is 2.64. The molecule has 90 valence electrons. The molecule has 2 atom stereocenters. The average Bonchev–Trinajstić information content (AvgIpc) is 2.94. The van der Waals surface area contributed by atoms with Gasteiger partial charge in [0.05, 0.1) is 6.04 Å². The van der Waals surface area contributed by atoms with Gasteiger partial charge in [0.15, 0.2) is 0 Å². The van der Waals surface area contributed by atoms with E-state index in [1.54, 1.807) is 4.90 Å². The SMILES string of the molecule is O=C([C@@H]1C[C@H](F)CN1)N1CCc2ccccc21. The molecule has 1 N–H and O–H groups in total. The maximum Gasteiger partial charge on any atom is 0.244 e. The molecule has 1 aromatic rings. The topological polar surface area (TPSA) is 32.3 Å². The third-order valence-electron chi connectivity index (χ3n) is 3.53. The largest absolute Gasteiger partial charge is 0.310 e. The van der Waals surface area contributed by atoms with Crippen LogP contribution in [0.1, 0.15) is 12.0 Å². The minimum absolute atomic E-state index is 0.00935. The first-order valence-electron chi connectivity index (χ1n) is 6.02. The molecule has 2 aliphatic heterocycles. The summed E-state index contributed by atoms with van der Waals surface area (Å²) in [4.78, 5) is 14.0. The van der Waals surface area contributed by atoms with E-state index < -0.39 is 6.17 Å². The predicted octanol–water partition coefficient (Wildman–Crippen LogP) is 1.28. The number of carbonyl (C=O) groups is 1. The lowest BCUT2D eigenvalue weighted by atomic mass is 10.1. The molecule has 17 heavy (non-hydrogen) atoms. The summed E-state index contributed by atoms with van der Waals surface area (Å²) in [7, 11) is 0. The first-order valence-corrected chi connectivity index (χ1v) is 6.02. The highest BCUT2D eigenvalue weighted by Gasteiger charge is 2.34. The van der Waals surface area contributed by atoms with Gasteiger partial charge in [-0.2, -0.15) is 0 Å². The third-order valence-corrected chi connectivity index (χ3v) is 3.53. The van der Waals surface area contributed by atoms with Gasteiger partial charge in [-0.05, 0) is 18.1 Å². The minimum Gasteiger partial charge on any atom is -0.310 e. The van der Waals surface area contributed by atoms with E-state index in [2.05, 4.69) is 5.32 Å². The molecule has 0 spiro atoms. The van der Waals surface area contributed by atoms with Gasteiger partial charge in [-0.3, -0.25) is 4.79 Å². The van der Waals surface area contributed by atoms with Crippen LogP contribution in [0.3, 0.4) is 0 Å². The van der Waals surface area contributed by atoms with Crippen LogP contribution >= 0.6 is 0 Å². The Labute approximate surface area is 99.6 Å². The average molecular weight is 234 g/mol. The lowest BCUT2D eigenvalue weighted by Crippen LogP contribution is -2.42. The second kappa shape index (κ2) is 4.11. The number of rotatable bonds is 1. The van der Waals surface area contributed by atoms with Crippen molar-refractivity contribution in [2.45, 2.75) is 25.1 Å². The van der Waals surface area contributed by atoms with Crippen LogP contribution in [0.25, 0.3) is 0 Å². The Kier molecular flexibility index (Phi) is 2.59. The molecule has 2 aliphatic rings. The molecule has 1 amide bonds. The van der Waals surface area contributed by atoms with Crippen molar-refractivity contribution < 1.29 is 9.18 Å². The maximum absolute atomic E-state index is 13.1. The van der Waals surface area contributed by atoms with E-state index >= 15 is 0 Å². The van der Waals surface area contributed by atoms with Crippen molar-refractivity contribution in [1.29, 1.82) is 0 Å². The highest BCUT2D eigenvalue weighted by atomic mass is 19.1. The zero-order chi connectivity index (χ0) is 11.8. The number of anilines is 1. The first-order chi connectivity index (χ1) is 8.25. The van der Waals surface area contributed by atoms with Gasteiger partial charge in [-0.1, -0.05) is 18.2 Å². The van der Waals surface area contributed by atoms with Crippen LogP contribution < -0.4 is 10.2 Å². The van der Waals surface area contributed by atoms with Crippen molar-refractivity contribution in [1.82, 2.24) is 5.32 Å². The number of hydrogen-bond donors (Lipinski definition) is 1. The van der Waals surface area contributed by atoms with Crippen LogP contribution in [0.2, 0.25) is 0 Å². The Hall–Kier alpha value is -1.42. The number of nitrogens with zero attached hydrogens (tertiary/aromatic N) is 1. The van der Waals surface area contributed by atoms with Crippen LogP contribution in [0.15, 0.2) is 24.3 Å². The third kappa shape index (κ3) is 1.82. The summed E-state index contributed by atoms with van der Waals surface area (Å²) in [5, 5.41) is 2.95. The van der Waals surface area contributed by atoms with Gasteiger partial charge in [0.1, 0.15) is 6.17 Å². The number of benzene rings is 1. The van der Waals surface area contributed by atoms with Gasteiger partial charge >= 0.3 is 0 Å². The van der Waals surface area contributed by atoms with Gasteiger partial charge in [0.25, 0.3) is 0 Å². The van der Waals surface area contributed by atoms with Crippen molar-refractivity contribution in [3.8, 4) is 0 Å². The number of hydrogen-bond acceptors (Lipinski definition) is 2. The fraction of sp³-hybridized carbons (Fsp3) is 0.462. The van der Waals surface area contributed by atoms with E-state index in [9.17, 15) is 9.18 Å². The zero-order valence-corrected chi connectivity index (χ0v) is 9.53. The summed E-state index contributed by atoms with van der Waals surface area (Å²) in [5.41, 5.74) is 2.19. The number of halogens is 1. The molecule has 0 bridgehead atoms. The number of nitrogens with one attached hydrogen (secondary N) is 1. The number of fused-ring (bicyclic) bond motifs is 1. The normalized spacial score (nSPS) is 27.2. The molecular formula is C13H15FN2O. The molecular weight excluding hydrogens is 219 g/mol. The van der Waals surface area contributed by atoms with E-state index in [0.29, 0.717) is 19.5 Å². The fourth-order valence-electron chi connectivity index (χ4n) is 2.64. The molecule has 1 fully saturated rings. The Morgan fingerprint density at radius 1 is 1.41 bits per heavy atom. The Morgan fingerprint density at radius 3 is 3.00 bits per heavy atom. The van der Waals surface area contributed by atoms with Crippen LogP contribution in [0.5, 0.6) is 0 Å². The summed E-state index contributed by atoms with van der Waals surface area (Å²) in [6.45, 7) is 1.01. The Balaban J connectivity index is 1.80. The van der Waals surface area contributed by atoms with Crippen LogP contribution in [0.4, 0.5) is 10.1 Å². The van der Waals surface area contributed by atoms with Crippen LogP contribution in [-0.2, 0) is 11.2 Å². The zero-order valence-electron chi connectivity index (χ0n) is 9.53. The minimum atomic E-state index is -0.887. The van der Waals surface area contributed by atoms with E-state index in [1.165, 1.54) is 5.56 Å². The Bertz CT molecular complexity index is 449. The molecule has 1 aromatic carbocycles. The van der Waals surface area contributed by atoms with Gasteiger partial charge in [-0.15, -0.1) is 0 Å². The molecule has 0 aromatic heterocycles. The van der Waals surface area contributed by atoms with Gasteiger partial charge < -0.3 is 10.2 Å². The Morgan fingerprint density at radius 2 is 2.24 bits per heavy atom. The lowest BCUT2D eigenvalue weighted by molar-refractivity contribution is -0.120. The van der Waals surface area contributed by atoms with E-state index in [1.807, 2.05) is 24.3 Å². The van der Waals surface area contributed by atoms with Gasteiger partial charge in [0.2, 0.25) is 5.91 Å². The molecule has 1 saturated heterocycles. The summed E-state index contributed by atoms with van der Waals surface area (Å²) in [6.07, 6.45) is 0.312. The molecule has 3 rings (SSSR count). The molecule has 0 radical (unpaired) electrons. The number of carbonyl (C=O) groups excluding carboxylic acids is 1. The van der Waals surface area contributed by atoms with E-state index in [0.717, 1.165) is 12.1 Å². The number of para-hydroxylation sites is 1. The van der Waals surface area contributed by atoms with Gasteiger partial charge in [0, 0.05) is 25.2 Å². The quantitative estimate of drug-likeness (QED) is 0.793. The van der Waals surface area contributed by atoms with Crippen LogP contribution in [0, 0.1) is 0 Å². The van der Waals surface area contributed by atoms with Gasteiger partial charge in [-0.25, -0.2) is 4.39 Å². The second-order valence-electron chi connectivity index (χ2n) is 4.66. The summed E-state index contributed by atoms with van der Waals surface area (Å²) in [5.74, 6) is 0.00935. The molecule has 0 unspecified atom stereocenters. The van der Waals surface area contributed by atoms with Crippen molar-refractivity contribution in [3.63, 3.8) is 0 Å². The summed E-state index contributed by atoms with van der Waals surface area (Å²) < 4.78 is 13.1. The number of alkyl halides is 1. The van der Waals surface area contributed by atoms with Crippen molar-refractivity contribution in [2.24, 2.45) is 0 Å². The molecule has 3 nitrogen and oxygen atoms in total. The highest BCUT2D eigenvalue weighted by Crippen LogP contribution is 2.28. The highest BCUT2D eigenvalue weighted by molar-refractivity contribution is 5.99. The predicted molar refractivity (Wildman–Crippen MR) is 63.8 cm³/mol. The monoisotopic (exact) mass is 234 g/mol.